The Morgan fingerprint density at radius 3 is 2.50 bits per heavy atom. The van der Waals surface area contributed by atoms with Crippen LogP contribution in [0.15, 0.2) is 40.9 Å². The van der Waals surface area contributed by atoms with Crippen molar-refractivity contribution < 1.29 is 9.90 Å². The second-order valence-electron chi connectivity index (χ2n) is 3.46. The molecule has 92 valence electrons. The van der Waals surface area contributed by atoms with Crippen molar-refractivity contribution in [1.82, 2.24) is 4.98 Å². The van der Waals surface area contributed by atoms with E-state index in [1.165, 1.54) is 6.07 Å². The van der Waals surface area contributed by atoms with Gasteiger partial charge in [-0.3, -0.25) is 0 Å². The smallest absolute Gasteiger partial charge is 0.356 e. The molecule has 0 atom stereocenters. The summed E-state index contributed by atoms with van der Waals surface area (Å²) in [6.07, 6.45) is 0. The first-order valence-electron chi connectivity index (χ1n) is 4.98. The van der Waals surface area contributed by atoms with E-state index in [0.29, 0.717) is 5.82 Å². The normalized spacial score (nSPS) is 10.1. The fourth-order valence-corrected chi connectivity index (χ4v) is 1.79. The van der Waals surface area contributed by atoms with Gasteiger partial charge in [-0.1, -0.05) is 27.5 Å². The zero-order chi connectivity index (χ0) is 13.1. The number of carboxylic acids is 1. The van der Waals surface area contributed by atoms with Gasteiger partial charge in [-0.2, -0.15) is 0 Å². The number of rotatable bonds is 3. The zero-order valence-electron chi connectivity index (χ0n) is 9.02. The molecule has 0 bridgehead atoms. The van der Waals surface area contributed by atoms with Gasteiger partial charge in [0.25, 0.3) is 0 Å². The maximum absolute atomic E-state index is 10.9. The van der Waals surface area contributed by atoms with Crippen molar-refractivity contribution in [1.29, 1.82) is 0 Å². The molecule has 0 saturated heterocycles. The molecule has 2 aromatic rings. The highest BCUT2D eigenvalue weighted by atomic mass is 79.9. The van der Waals surface area contributed by atoms with Crippen LogP contribution >= 0.6 is 27.5 Å². The number of carboxylic acid groups (broad SMARTS) is 1. The lowest BCUT2D eigenvalue weighted by atomic mass is 10.3. The largest absolute Gasteiger partial charge is 0.476 e. The monoisotopic (exact) mass is 326 g/mol. The van der Waals surface area contributed by atoms with Crippen LogP contribution in [0.25, 0.3) is 0 Å². The minimum Gasteiger partial charge on any atom is -0.476 e. The van der Waals surface area contributed by atoms with Crippen LogP contribution in [0.2, 0.25) is 5.02 Å². The third-order valence-corrected chi connectivity index (χ3v) is 3.00. The predicted molar refractivity (Wildman–Crippen MR) is 73.6 cm³/mol. The Bertz CT molecular complexity index is 587. The molecular formula is C12H8BrClN2O2. The van der Waals surface area contributed by atoms with E-state index in [4.69, 9.17) is 16.7 Å². The number of hydrogen-bond donors (Lipinski definition) is 2. The molecule has 0 saturated carbocycles. The second-order valence-corrected chi connectivity index (χ2v) is 4.79. The molecule has 0 aliphatic heterocycles. The molecule has 6 heteroatoms. The van der Waals surface area contributed by atoms with E-state index in [0.717, 1.165) is 10.2 Å². The highest BCUT2D eigenvalue weighted by Crippen LogP contribution is 2.21. The van der Waals surface area contributed by atoms with Gasteiger partial charge >= 0.3 is 5.97 Å². The summed E-state index contributed by atoms with van der Waals surface area (Å²) in [5.41, 5.74) is 0.642. The van der Waals surface area contributed by atoms with Crippen LogP contribution in [0.3, 0.4) is 0 Å². The van der Waals surface area contributed by atoms with Gasteiger partial charge in [0.2, 0.25) is 0 Å². The van der Waals surface area contributed by atoms with Crippen LogP contribution in [0.5, 0.6) is 0 Å². The Labute approximate surface area is 117 Å². The van der Waals surface area contributed by atoms with Gasteiger partial charge in [-0.15, -0.1) is 0 Å². The molecule has 1 aromatic carbocycles. The lowest BCUT2D eigenvalue weighted by Gasteiger charge is -2.07. The molecule has 18 heavy (non-hydrogen) atoms. The molecule has 0 spiro atoms. The molecule has 4 nitrogen and oxygen atoms in total. The third-order valence-electron chi connectivity index (χ3n) is 2.17. The molecule has 0 unspecified atom stereocenters. The summed E-state index contributed by atoms with van der Waals surface area (Å²) in [6, 6.07) is 10.6. The van der Waals surface area contributed by atoms with Gasteiger partial charge in [-0.25, -0.2) is 9.78 Å². The van der Waals surface area contributed by atoms with E-state index in [9.17, 15) is 4.79 Å². The van der Waals surface area contributed by atoms with Gasteiger partial charge < -0.3 is 10.4 Å². The molecule has 0 amide bonds. The summed E-state index contributed by atoms with van der Waals surface area (Å²) in [7, 11) is 0. The predicted octanol–water partition coefficient (Wildman–Crippen LogP) is 3.94. The third kappa shape index (κ3) is 3.00. The van der Waals surface area contributed by atoms with Crippen LogP contribution in [0.1, 0.15) is 10.5 Å². The van der Waals surface area contributed by atoms with Crippen molar-refractivity contribution in [3.63, 3.8) is 0 Å². The number of pyridine rings is 1. The molecule has 1 aromatic heterocycles. The summed E-state index contributed by atoms with van der Waals surface area (Å²) in [5, 5.41) is 12.0. The van der Waals surface area contributed by atoms with Gasteiger partial charge in [0.05, 0.1) is 5.02 Å². The summed E-state index contributed by atoms with van der Waals surface area (Å²) in [4.78, 5) is 14.8. The molecule has 0 aliphatic rings. The standard InChI is InChI=1S/C12H8BrClN2O2/c13-7-1-3-8(4-2-7)15-10-6-5-9(14)11(16-10)12(17)18/h1-6H,(H,15,16)(H,17,18). The number of halogens is 2. The molecule has 0 fully saturated rings. The second kappa shape index (κ2) is 5.37. The molecule has 2 N–H and O–H groups in total. The van der Waals surface area contributed by atoms with Crippen LogP contribution in [0, 0.1) is 0 Å². The zero-order valence-corrected chi connectivity index (χ0v) is 11.4. The Kier molecular flexibility index (Phi) is 3.84. The fourth-order valence-electron chi connectivity index (χ4n) is 1.34. The van der Waals surface area contributed by atoms with Gasteiger partial charge in [0.1, 0.15) is 5.82 Å². The van der Waals surface area contributed by atoms with E-state index in [2.05, 4.69) is 26.2 Å². The average molecular weight is 328 g/mol. The highest BCUT2D eigenvalue weighted by molar-refractivity contribution is 9.10. The van der Waals surface area contributed by atoms with E-state index in [-0.39, 0.29) is 10.7 Å². The molecule has 0 radical (unpaired) electrons. The van der Waals surface area contributed by atoms with Crippen molar-refractivity contribution in [2.45, 2.75) is 0 Å². The Hall–Kier alpha value is -1.59. The van der Waals surface area contributed by atoms with Crippen LogP contribution < -0.4 is 5.32 Å². The summed E-state index contributed by atoms with van der Waals surface area (Å²) in [6.45, 7) is 0. The van der Waals surface area contributed by atoms with Crippen LogP contribution in [-0.4, -0.2) is 16.1 Å². The first-order valence-corrected chi connectivity index (χ1v) is 6.16. The average Bonchev–Trinajstić information content (AvgIpc) is 2.34. The number of anilines is 2. The van der Waals surface area contributed by atoms with Crippen LogP contribution in [0.4, 0.5) is 11.5 Å². The molecular weight excluding hydrogens is 320 g/mol. The summed E-state index contributed by atoms with van der Waals surface area (Å²) >= 11 is 9.07. The van der Waals surface area contributed by atoms with Gasteiger partial charge in [0, 0.05) is 10.2 Å². The Morgan fingerprint density at radius 1 is 1.22 bits per heavy atom. The van der Waals surface area contributed by atoms with Crippen molar-refractivity contribution in [2.75, 3.05) is 5.32 Å². The summed E-state index contributed by atoms with van der Waals surface area (Å²) < 4.78 is 0.961. The van der Waals surface area contributed by atoms with Crippen molar-refractivity contribution in [3.05, 3.63) is 51.6 Å². The topological polar surface area (TPSA) is 62.2 Å². The number of nitrogens with one attached hydrogen (secondary N) is 1. The first-order chi connectivity index (χ1) is 8.56. The molecule has 0 aliphatic carbocycles. The van der Waals surface area contributed by atoms with Crippen molar-refractivity contribution in [2.24, 2.45) is 0 Å². The minimum atomic E-state index is -1.15. The van der Waals surface area contributed by atoms with Crippen molar-refractivity contribution >= 4 is 45.0 Å². The number of hydrogen-bond acceptors (Lipinski definition) is 3. The van der Waals surface area contributed by atoms with Gasteiger partial charge in [0.15, 0.2) is 5.69 Å². The van der Waals surface area contributed by atoms with E-state index < -0.39 is 5.97 Å². The lowest BCUT2D eigenvalue weighted by Crippen LogP contribution is -2.04. The number of benzene rings is 1. The SMILES string of the molecule is O=C(O)c1nc(Nc2ccc(Br)cc2)ccc1Cl. The number of carbonyl (C=O) groups is 1. The minimum absolute atomic E-state index is 0.115. The number of aromatic carboxylic acids is 1. The highest BCUT2D eigenvalue weighted by Gasteiger charge is 2.11. The molecule has 1 heterocycles. The number of aromatic nitrogens is 1. The van der Waals surface area contributed by atoms with Gasteiger partial charge in [-0.05, 0) is 36.4 Å². The maximum atomic E-state index is 10.9. The Balaban J connectivity index is 2.27. The van der Waals surface area contributed by atoms with E-state index in [1.54, 1.807) is 6.07 Å². The fraction of sp³-hybridized carbons (Fsp3) is 0. The summed E-state index contributed by atoms with van der Waals surface area (Å²) in [5.74, 6) is -0.724. The van der Waals surface area contributed by atoms with E-state index >= 15 is 0 Å². The number of nitrogens with zero attached hydrogens (tertiary/aromatic N) is 1. The quantitative estimate of drug-likeness (QED) is 0.896. The van der Waals surface area contributed by atoms with Crippen molar-refractivity contribution in [3.8, 4) is 0 Å². The first kappa shape index (κ1) is 12.9. The Morgan fingerprint density at radius 2 is 1.89 bits per heavy atom. The van der Waals surface area contributed by atoms with E-state index in [1.807, 2.05) is 24.3 Å². The van der Waals surface area contributed by atoms with Crippen LogP contribution in [-0.2, 0) is 0 Å². The maximum Gasteiger partial charge on any atom is 0.356 e. The molecule has 2 rings (SSSR count). The lowest BCUT2D eigenvalue weighted by molar-refractivity contribution is 0.0691.